The lowest BCUT2D eigenvalue weighted by Crippen LogP contribution is -2.26. The first kappa shape index (κ1) is 22.4. The second-order valence-electron chi connectivity index (χ2n) is 7.03. The van der Waals surface area contributed by atoms with Crippen molar-refractivity contribution in [3.63, 3.8) is 0 Å². The highest BCUT2D eigenvalue weighted by atomic mass is 16.6. The zero-order valence-corrected chi connectivity index (χ0v) is 15.5. The lowest BCUT2D eigenvalue weighted by molar-refractivity contribution is -0.147. The third-order valence-corrected chi connectivity index (χ3v) is 4.27. The first-order valence-electron chi connectivity index (χ1n) is 8.70. The van der Waals surface area contributed by atoms with Crippen molar-refractivity contribution in [2.75, 3.05) is 0 Å². The molecule has 0 saturated carbocycles. The highest BCUT2D eigenvalue weighted by Crippen LogP contribution is 2.32. The van der Waals surface area contributed by atoms with Crippen LogP contribution in [0.4, 0.5) is 0 Å². The maximum absolute atomic E-state index is 11.8. The Hall–Kier alpha value is -2.61. The zero-order valence-electron chi connectivity index (χ0n) is 15.5. The van der Waals surface area contributed by atoms with Gasteiger partial charge in [0, 0.05) is 6.42 Å². The number of carboxylic acids is 2. The Morgan fingerprint density at radius 1 is 1.15 bits per heavy atom. The number of carbonyl (C=O) groups excluding carboxylic acids is 1. The van der Waals surface area contributed by atoms with E-state index in [1.807, 2.05) is 0 Å². The molecule has 0 heterocycles. The monoisotopic (exact) mass is 382 g/mol. The van der Waals surface area contributed by atoms with Crippen LogP contribution in [0, 0.1) is 5.41 Å². The van der Waals surface area contributed by atoms with Gasteiger partial charge in [-0.3, -0.25) is 9.59 Å². The van der Waals surface area contributed by atoms with Crippen LogP contribution in [0.1, 0.15) is 51.5 Å². The van der Waals surface area contributed by atoms with E-state index in [0.717, 1.165) is 0 Å². The summed E-state index contributed by atoms with van der Waals surface area (Å²) in [4.78, 5) is 33.3. The summed E-state index contributed by atoms with van der Waals surface area (Å²) in [6.07, 6.45) is -0.00714. The van der Waals surface area contributed by atoms with Crippen LogP contribution in [-0.2, 0) is 20.8 Å². The number of esters is 1. The van der Waals surface area contributed by atoms with Gasteiger partial charge in [-0.25, -0.2) is 4.79 Å². The van der Waals surface area contributed by atoms with Crippen molar-refractivity contribution in [3.05, 3.63) is 23.8 Å². The van der Waals surface area contributed by atoms with E-state index in [2.05, 4.69) is 0 Å². The molecule has 1 aromatic carbocycles. The Bertz CT molecular complexity index is 680. The Morgan fingerprint density at radius 3 is 2.41 bits per heavy atom. The molecule has 0 bridgehead atoms. The average molecular weight is 382 g/mol. The van der Waals surface area contributed by atoms with Crippen molar-refractivity contribution in [3.8, 4) is 11.5 Å². The summed E-state index contributed by atoms with van der Waals surface area (Å²) in [6.45, 7) is 3.31. The lowest BCUT2D eigenvalue weighted by Gasteiger charge is -2.18. The zero-order chi connectivity index (χ0) is 20.6. The molecule has 0 aliphatic rings. The molecule has 0 fully saturated rings. The standard InChI is InChI=1S/C19H26O8/c1-19(2,18(25)26)11-4-3-6-12-7-5-8-14(16(12)23)27-17(24)13(20)9-10-15(21)22/h5,7-8,13,20,23H,3-4,6,9-11H2,1-2H3,(H,21,22)(H,25,26). The van der Waals surface area contributed by atoms with E-state index >= 15 is 0 Å². The molecule has 150 valence electrons. The van der Waals surface area contributed by atoms with Gasteiger partial charge in [0.2, 0.25) is 0 Å². The molecule has 1 rings (SSSR count). The molecular formula is C19H26O8. The number of unbranched alkanes of at least 4 members (excludes halogenated alkanes) is 1. The Morgan fingerprint density at radius 2 is 1.81 bits per heavy atom. The minimum absolute atomic E-state index is 0.113. The Balaban J connectivity index is 2.62. The van der Waals surface area contributed by atoms with Crippen molar-refractivity contribution in [2.24, 2.45) is 5.41 Å². The van der Waals surface area contributed by atoms with E-state index in [1.165, 1.54) is 6.07 Å². The molecule has 1 unspecified atom stereocenters. The minimum atomic E-state index is -1.59. The van der Waals surface area contributed by atoms with Crippen LogP contribution in [0.2, 0.25) is 0 Å². The normalized spacial score (nSPS) is 12.4. The number of rotatable bonds is 11. The largest absolute Gasteiger partial charge is 0.504 e. The minimum Gasteiger partial charge on any atom is -0.504 e. The van der Waals surface area contributed by atoms with Gasteiger partial charge in [0.1, 0.15) is 0 Å². The first-order valence-corrected chi connectivity index (χ1v) is 8.70. The number of para-hydroxylation sites is 1. The van der Waals surface area contributed by atoms with E-state index in [0.29, 0.717) is 31.2 Å². The summed E-state index contributed by atoms with van der Waals surface area (Å²) >= 11 is 0. The molecule has 1 aromatic rings. The molecule has 0 aromatic heterocycles. The smallest absolute Gasteiger partial charge is 0.340 e. The number of aromatic hydroxyl groups is 1. The number of carbonyl (C=O) groups is 3. The summed E-state index contributed by atoms with van der Waals surface area (Å²) in [5, 5.41) is 37.5. The summed E-state index contributed by atoms with van der Waals surface area (Å²) in [7, 11) is 0. The van der Waals surface area contributed by atoms with Gasteiger partial charge in [-0.1, -0.05) is 18.6 Å². The number of hydrogen-bond donors (Lipinski definition) is 4. The number of carboxylic acid groups (broad SMARTS) is 2. The van der Waals surface area contributed by atoms with E-state index < -0.39 is 29.4 Å². The predicted molar refractivity (Wildman–Crippen MR) is 95.6 cm³/mol. The molecule has 8 heteroatoms. The van der Waals surface area contributed by atoms with Gasteiger partial charge in [0.15, 0.2) is 17.6 Å². The molecule has 8 nitrogen and oxygen atoms in total. The van der Waals surface area contributed by atoms with Crippen molar-refractivity contribution >= 4 is 17.9 Å². The maximum atomic E-state index is 11.8. The Labute approximate surface area is 157 Å². The second-order valence-corrected chi connectivity index (χ2v) is 7.03. The quantitative estimate of drug-likeness (QED) is 0.260. The van der Waals surface area contributed by atoms with Gasteiger partial charge in [-0.05, 0) is 51.2 Å². The molecule has 0 aliphatic carbocycles. The van der Waals surface area contributed by atoms with Crippen LogP contribution in [-0.4, -0.2) is 44.4 Å². The predicted octanol–water partition coefficient (Wildman–Crippen LogP) is 2.35. The SMILES string of the molecule is CC(C)(CCCCc1cccc(OC(=O)C(O)CCC(=O)O)c1O)C(=O)O. The highest BCUT2D eigenvalue weighted by Gasteiger charge is 2.26. The fourth-order valence-electron chi connectivity index (χ4n) is 2.40. The Kier molecular flexibility index (Phi) is 8.24. The second kappa shape index (κ2) is 9.91. The number of ether oxygens (including phenoxy) is 1. The number of aliphatic carboxylic acids is 2. The first-order chi connectivity index (χ1) is 12.5. The van der Waals surface area contributed by atoms with Crippen molar-refractivity contribution in [1.29, 1.82) is 0 Å². The van der Waals surface area contributed by atoms with Crippen LogP contribution in [0.3, 0.4) is 0 Å². The molecular weight excluding hydrogens is 356 g/mol. The lowest BCUT2D eigenvalue weighted by atomic mass is 9.87. The van der Waals surface area contributed by atoms with Gasteiger partial charge in [-0.2, -0.15) is 0 Å². The number of phenols is 1. The number of aliphatic hydroxyl groups excluding tert-OH is 1. The third-order valence-electron chi connectivity index (χ3n) is 4.27. The molecule has 0 aliphatic heterocycles. The summed E-state index contributed by atoms with van der Waals surface area (Å²) in [6, 6.07) is 4.62. The summed E-state index contributed by atoms with van der Waals surface area (Å²) < 4.78 is 4.96. The van der Waals surface area contributed by atoms with E-state index in [-0.39, 0.29) is 24.3 Å². The van der Waals surface area contributed by atoms with E-state index in [9.17, 15) is 24.6 Å². The van der Waals surface area contributed by atoms with Crippen LogP contribution in [0.5, 0.6) is 11.5 Å². The fourth-order valence-corrected chi connectivity index (χ4v) is 2.40. The molecule has 0 spiro atoms. The molecule has 0 amide bonds. The number of hydrogen-bond acceptors (Lipinski definition) is 6. The number of benzene rings is 1. The molecule has 27 heavy (non-hydrogen) atoms. The van der Waals surface area contributed by atoms with Gasteiger partial charge < -0.3 is 25.2 Å². The number of aryl methyl sites for hydroxylation is 1. The molecule has 4 N–H and O–H groups in total. The van der Waals surface area contributed by atoms with Gasteiger partial charge in [-0.15, -0.1) is 0 Å². The fraction of sp³-hybridized carbons (Fsp3) is 0.526. The van der Waals surface area contributed by atoms with E-state index in [1.54, 1.807) is 26.0 Å². The van der Waals surface area contributed by atoms with Crippen LogP contribution < -0.4 is 4.74 Å². The van der Waals surface area contributed by atoms with Crippen LogP contribution in [0.25, 0.3) is 0 Å². The van der Waals surface area contributed by atoms with Crippen LogP contribution in [0.15, 0.2) is 18.2 Å². The average Bonchev–Trinajstić information content (AvgIpc) is 2.59. The van der Waals surface area contributed by atoms with Crippen molar-refractivity contribution in [1.82, 2.24) is 0 Å². The highest BCUT2D eigenvalue weighted by molar-refractivity contribution is 5.78. The number of phenolic OH excluding ortho intramolecular Hbond substituents is 1. The van der Waals surface area contributed by atoms with Crippen molar-refractivity contribution < 1.29 is 39.5 Å². The summed E-state index contributed by atoms with van der Waals surface area (Å²) in [5.41, 5.74) is -0.278. The van der Waals surface area contributed by atoms with Gasteiger partial charge in [0.25, 0.3) is 0 Å². The van der Waals surface area contributed by atoms with Crippen molar-refractivity contribution in [2.45, 2.75) is 58.5 Å². The van der Waals surface area contributed by atoms with Gasteiger partial charge in [0.05, 0.1) is 5.41 Å². The third kappa shape index (κ3) is 7.26. The number of aliphatic hydroxyl groups is 1. The topological polar surface area (TPSA) is 141 Å². The molecule has 1 atom stereocenters. The van der Waals surface area contributed by atoms with Gasteiger partial charge >= 0.3 is 17.9 Å². The van der Waals surface area contributed by atoms with E-state index in [4.69, 9.17) is 14.9 Å². The molecule has 0 saturated heterocycles. The maximum Gasteiger partial charge on any atom is 0.340 e. The molecule has 0 radical (unpaired) electrons. The summed E-state index contributed by atoms with van der Waals surface area (Å²) in [5.74, 6) is -3.38. The van der Waals surface area contributed by atoms with Crippen LogP contribution >= 0.6 is 0 Å².